The molecule has 3 heteroatoms. The lowest BCUT2D eigenvalue weighted by molar-refractivity contribution is 0.414. The second-order valence-corrected chi connectivity index (χ2v) is 5.33. The smallest absolute Gasteiger partial charge is 0.118 e. The molecule has 0 aliphatic carbocycles. The maximum Gasteiger partial charge on any atom is 0.118 e. The second-order valence-electron chi connectivity index (χ2n) is 4.92. The van der Waals surface area contributed by atoms with Gasteiger partial charge in [0.2, 0.25) is 0 Å². The molecular formula is C17H16ClNO. The van der Waals surface area contributed by atoms with E-state index < -0.39 is 0 Å². The number of nitrogens with zero attached hydrogens (tertiary/aromatic N) is 1. The Kier molecular flexibility index (Phi) is 3.41. The van der Waals surface area contributed by atoms with Crippen LogP contribution >= 0.6 is 11.6 Å². The summed E-state index contributed by atoms with van der Waals surface area (Å²) in [4.78, 5) is 0. The zero-order valence-electron chi connectivity index (χ0n) is 11.6. The van der Waals surface area contributed by atoms with Crippen LogP contribution in [0.4, 0.5) is 0 Å². The first kappa shape index (κ1) is 13.1. The quantitative estimate of drug-likeness (QED) is 0.694. The largest absolute Gasteiger partial charge is 0.497 e. The Labute approximate surface area is 123 Å². The predicted molar refractivity (Wildman–Crippen MR) is 83.7 cm³/mol. The van der Waals surface area contributed by atoms with E-state index in [-0.39, 0.29) is 0 Å². The Morgan fingerprint density at radius 3 is 2.55 bits per heavy atom. The number of methoxy groups -OCH3 is 1. The summed E-state index contributed by atoms with van der Waals surface area (Å²) in [5, 5.41) is 1.96. The molecule has 0 fully saturated rings. The van der Waals surface area contributed by atoms with Crippen molar-refractivity contribution < 1.29 is 4.74 Å². The molecule has 1 heterocycles. The maximum atomic E-state index is 6.36. The van der Waals surface area contributed by atoms with Gasteiger partial charge in [0, 0.05) is 24.1 Å². The van der Waals surface area contributed by atoms with E-state index in [2.05, 4.69) is 36.0 Å². The molecule has 0 saturated carbocycles. The Balaban J connectivity index is 2.02. The molecule has 0 unspecified atom stereocenters. The van der Waals surface area contributed by atoms with E-state index in [9.17, 15) is 0 Å². The van der Waals surface area contributed by atoms with Crippen LogP contribution < -0.4 is 4.74 Å². The van der Waals surface area contributed by atoms with Crippen molar-refractivity contribution in [2.45, 2.75) is 6.42 Å². The number of aromatic nitrogens is 1. The Morgan fingerprint density at radius 2 is 1.85 bits per heavy atom. The van der Waals surface area contributed by atoms with Crippen LogP contribution in [0.1, 0.15) is 11.1 Å². The zero-order valence-corrected chi connectivity index (χ0v) is 12.3. The van der Waals surface area contributed by atoms with Crippen LogP contribution in [0.3, 0.4) is 0 Å². The SMILES string of the molecule is COc1ccc(Cc2cn(C)c3cccc(Cl)c23)cc1. The Morgan fingerprint density at radius 1 is 1.10 bits per heavy atom. The highest BCUT2D eigenvalue weighted by Crippen LogP contribution is 2.29. The van der Waals surface area contributed by atoms with Crippen LogP contribution in [0, 0.1) is 0 Å². The van der Waals surface area contributed by atoms with Gasteiger partial charge in [0.05, 0.1) is 12.1 Å². The average Bonchev–Trinajstić information content (AvgIpc) is 2.78. The molecule has 3 aromatic rings. The molecule has 0 aliphatic rings. The number of hydrogen-bond acceptors (Lipinski definition) is 1. The third-order valence-corrected chi connectivity index (χ3v) is 3.91. The monoisotopic (exact) mass is 285 g/mol. The molecule has 0 aliphatic heterocycles. The number of benzene rings is 2. The minimum Gasteiger partial charge on any atom is -0.497 e. The number of hydrogen-bond donors (Lipinski definition) is 0. The number of aryl methyl sites for hydroxylation is 1. The van der Waals surface area contributed by atoms with Crippen LogP contribution in [-0.2, 0) is 13.5 Å². The third-order valence-electron chi connectivity index (χ3n) is 3.60. The molecule has 2 aromatic carbocycles. The van der Waals surface area contributed by atoms with Crippen LogP contribution in [-0.4, -0.2) is 11.7 Å². The van der Waals surface area contributed by atoms with Gasteiger partial charge in [0.1, 0.15) is 5.75 Å². The molecule has 1 aromatic heterocycles. The summed E-state index contributed by atoms with van der Waals surface area (Å²) in [6.07, 6.45) is 3.02. The number of rotatable bonds is 3. The van der Waals surface area contributed by atoms with Crippen molar-refractivity contribution in [1.29, 1.82) is 0 Å². The van der Waals surface area contributed by atoms with Gasteiger partial charge < -0.3 is 9.30 Å². The van der Waals surface area contributed by atoms with Crippen molar-refractivity contribution in [3.05, 3.63) is 64.8 Å². The first-order valence-corrected chi connectivity index (χ1v) is 6.92. The van der Waals surface area contributed by atoms with Crippen molar-refractivity contribution >= 4 is 22.5 Å². The molecule has 2 nitrogen and oxygen atoms in total. The standard InChI is InChI=1S/C17H16ClNO/c1-19-11-13(17-15(18)4-3-5-16(17)19)10-12-6-8-14(20-2)9-7-12/h3-9,11H,10H2,1-2H3. The topological polar surface area (TPSA) is 14.2 Å². The van der Waals surface area contributed by atoms with Crippen molar-refractivity contribution in [2.24, 2.45) is 7.05 Å². The number of fused-ring (bicyclic) bond motifs is 1. The van der Waals surface area contributed by atoms with Gasteiger partial charge in [0.25, 0.3) is 0 Å². The maximum absolute atomic E-state index is 6.36. The zero-order chi connectivity index (χ0) is 14.1. The van der Waals surface area contributed by atoms with E-state index in [0.717, 1.165) is 22.6 Å². The van der Waals surface area contributed by atoms with Crippen molar-refractivity contribution in [3.8, 4) is 5.75 Å². The summed E-state index contributed by atoms with van der Waals surface area (Å²) in [6, 6.07) is 14.2. The lowest BCUT2D eigenvalue weighted by atomic mass is 10.0. The summed E-state index contributed by atoms with van der Waals surface area (Å²) in [7, 11) is 3.73. The molecular weight excluding hydrogens is 270 g/mol. The molecule has 0 amide bonds. The average molecular weight is 286 g/mol. The van der Waals surface area contributed by atoms with Gasteiger partial charge in [-0.05, 0) is 41.8 Å². The predicted octanol–water partition coefficient (Wildman–Crippen LogP) is 4.43. The van der Waals surface area contributed by atoms with E-state index in [4.69, 9.17) is 16.3 Å². The van der Waals surface area contributed by atoms with Gasteiger partial charge in [-0.2, -0.15) is 0 Å². The van der Waals surface area contributed by atoms with Crippen molar-refractivity contribution in [1.82, 2.24) is 4.57 Å². The van der Waals surface area contributed by atoms with Crippen LogP contribution in [0.25, 0.3) is 10.9 Å². The molecule has 0 spiro atoms. The summed E-state index contributed by atoms with van der Waals surface area (Å²) < 4.78 is 7.31. The van der Waals surface area contributed by atoms with Gasteiger partial charge in [-0.3, -0.25) is 0 Å². The fraction of sp³-hybridized carbons (Fsp3) is 0.176. The van der Waals surface area contributed by atoms with E-state index in [1.807, 2.05) is 24.3 Å². The van der Waals surface area contributed by atoms with Crippen molar-refractivity contribution in [2.75, 3.05) is 7.11 Å². The van der Waals surface area contributed by atoms with Gasteiger partial charge >= 0.3 is 0 Å². The first-order valence-electron chi connectivity index (χ1n) is 6.54. The van der Waals surface area contributed by atoms with Gasteiger partial charge in [-0.15, -0.1) is 0 Å². The van der Waals surface area contributed by atoms with Crippen LogP contribution in [0.2, 0.25) is 5.02 Å². The van der Waals surface area contributed by atoms with Crippen LogP contribution in [0.5, 0.6) is 5.75 Å². The number of ether oxygens (including phenoxy) is 1. The highest BCUT2D eigenvalue weighted by atomic mass is 35.5. The summed E-state index contributed by atoms with van der Waals surface area (Å²) in [5.74, 6) is 0.879. The molecule has 20 heavy (non-hydrogen) atoms. The fourth-order valence-corrected chi connectivity index (χ4v) is 2.88. The third kappa shape index (κ3) is 2.27. The minimum atomic E-state index is 0.812. The molecule has 0 radical (unpaired) electrons. The van der Waals surface area contributed by atoms with Gasteiger partial charge in [-0.1, -0.05) is 29.8 Å². The summed E-state index contributed by atoms with van der Waals surface area (Å²) in [6.45, 7) is 0. The Hall–Kier alpha value is -1.93. The Bertz CT molecular complexity index is 744. The fourth-order valence-electron chi connectivity index (χ4n) is 2.59. The van der Waals surface area contributed by atoms with Gasteiger partial charge in [-0.25, -0.2) is 0 Å². The summed E-state index contributed by atoms with van der Waals surface area (Å²) >= 11 is 6.36. The summed E-state index contributed by atoms with van der Waals surface area (Å²) in [5.41, 5.74) is 3.66. The highest BCUT2D eigenvalue weighted by Gasteiger charge is 2.10. The molecule has 0 atom stereocenters. The van der Waals surface area contributed by atoms with Gasteiger partial charge in [0.15, 0.2) is 0 Å². The van der Waals surface area contributed by atoms with Crippen molar-refractivity contribution in [3.63, 3.8) is 0 Å². The highest BCUT2D eigenvalue weighted by molar-refractivity contribution is 6.35. The molecule has 0 bridgehead atoms. The van der Waals surface area contributed by atoms with E-state index in [1.165, 1.54) is 16.6 Å². The van der Waals surface area contributed by atoms with Crippen LogP contribution in [0.15, 0.2) is 48.7 Å². The molecule has 0 N–H and O–H groups in total. The molecule has 3 rings (SSSR count). The number of halogens is 1. The molecule has 102 valence electrons. The minimum absolute atomic E-state index is 0.812. The molecule has 0 saturated heterocycles. The van der Waals surface area contributed by atoms with E-state index in [1.54, 1.807) is 7.11 Å². The second kappa shape index (κ2) is 5.22. The van der Waals surface area contributed by atoms with E-state index >= 15 is 0 Å². The lowest BCUT2D eigenvalue weighted by Crippen LogP contribution is -1.88. The lowest BCUT2D eigenvalue weighted by Gasteiger charge is -2.04. The van der Waals surface area contributed by atoms with E-state index in [0.29, 0.717) is 0 Å². The first-order chi connectivity index (χ1) is 9.69. The normalized spacial score (nSPS) is 10.9.